The molecular formula is C76H148O17P2. The van der Waals surface area contributed by atoms with E-state index in [1.165, 1.54) is 193 Å². The molecule has 95 heavy (non-hydrogen) atoms. The second kappa shape index (κ2) is 66.6. The monoisotopic (exact) mass is 1400 g/mol. The number of esters is 4. The van der Waals surface area contributed by atoms with Crippen LogP contribution in [0.25, 0.3) is 0 Å². The highest BCUT2D eigenvalue weighted by molar-refractivity contribution is 7.47. The van der Waals surface area contributed by atoms with Gasteiger partial charge < -0.3 is 33.8 Å². The molecule has 0 fully saturated rings. The Labute approximate surface area is 581 Å². The van der Waals surface area contributed by atoms with E-state index < -0.39 is 97.5 Å². The Balaban J connectivity index is 5.26. The van der Waals surface area contributed by atoms with Crippen molar-refractivity contribution < 1.29 is 80.2 Å². The van der Waals surface area contributed by atoms with Crippen molar-refractivity contribution in [3.8, 4) is 0 Å². The van der Waals surface area contributed by atoms with Gasteiger partial charge in [0.15, 0.2) is 12.2 Å². The van der Waals surface area contributed by atoms with Crippen LogP contribution < -0.4 is 0 Å². The number of phosphoric acid groups is 2. The SMILES string of the molecule is CCCCCCCCCCCCCCCCCCC(=O)O[C@H](COC(=O)CCCCCCCCCCCCCCC(C)C)COP(=O)(O)OC[C@@H](O)COP(=O)(O)OC[C@@H](COC(=O)CCCCCCCCC(C)CC)OC(=O)CCCCCCCCCCCCCC(C)C. The van der Waals surface area contributed by atoms with E-state index in [4.69, 9.17) is 37.0 Å². The summed E-state index contributed by atoms with van der Waals surface area (Å²) in [6.07, 6.45) is 52.7. The molecule has 3 N–H and O–H groups in total. The smallest absolute Gasteiger partial charge is 0.462 e. The maximum absolute atomic E-state index is 13.1. The fourth-order valence-corrected chi connectivity index (χ4v) is 13.1. The van der Waals surface area contributed by atoms with Crippen LogP contribution >= 0.6 is 15.6 Å². The molecule has 3 unspecified atom stereocenters. The first kappa shape index (κ1) is 93.1. The minimum atomic E-state index is -4.96. The second-order valence-electron chi connectivity index (χ2n) is 28.6. The maximum atomic E-state index is 13.1. The van der Waals surface area contributed by atoms with Crippen molar-refractivity contribution in [3.05, 3.63) is 0 Å². The molecule has 0 spiro atoms. The Bertz CT molecular complexity index is 1850. The molecule has 0 aliphatic rings. The lowest BCUT2D eigenvalue weighted by Gasteiger charge is -2.21. The number of aliphatic hydroxyl groups excluding tert-OH is 1. The van der Waals surface area contributed by atoms with Gasteiger partial charge in [0, 0.05) is 25.7 Å². The van der Waals surface area contributed by atoms with Crippen LogP contribution in [0.5, 0.6) is 0 Å². The summed E-state index contributed by atoms with van der Waals surface area (Å²) in [5, 5.41) is 10.6. The maximum Gasteiger partial charge on any atom is 0.472 e. The van der Waals surface area contributed by atoms with E-state index >= 15 is 0 Å². The van der Waals surface area contributed by atoms with Crippen LogP contribution in [0, 0.1) is 17.8 Å². The lowest BCUT2D eigenvalue weighted by molar-refractivity contribution is -0.161. The van der Waals surface area contributed by atoms with E-state index in [2.05, 4.69) is 48.5 Å². The first-order valence-electron chi connectivity index (χ1n) is 39.4. The predicted molar refractivity (Wildman–Crippen MR) is 386 cm³/mol. The summed E-state index contributed by atoms with van der Waals surface area (Å²) in [5.41, 5.74) is 0. The van der Waals surface area contributed by atoms with Gasteiger partial charge in [-0.15, -0.1) is 0 Å². The van der Waals surface area contributed by atoms with Crippen LogP contribution in [0.3, 0.4) is 0 Å². The van der Waals surface area contributed by atoms with Crippen LogP contribution in [0.4, 0.5) is 0 Å². The zero-order valence-electron chi connectivity index (χ0n) is 62.1. The van der Waals surface area contributed by atoms with Crippen LogP contribution in [-0.2, 0) is 65.4 Å². The minimum absolute atomic E-state index is 0.105. The van der Waals surface area contributed by atoms with Crippen molar-refractivity contribution in [3.63, 3.8) is 0 Å². The van der Waals surface area contributed by atoms with Gasteiger partial charge >= 0.3 is 39.5 Å². The van der Waals surface area contributed by atoms with Crippen molar-refractivity contribution in [1.82, 2.24) is 0 Å². The molecule has 0 heterocycles. The van der Waals surface area contributed by atoms with E-state index in [-0.39, 0.29) is 25.7 Å². The van der Waals surface area contributed by atoms with E-state index in [0.717, 1.165) is 114 Å². The van der Waals surface area contributed by atoms with Crippen molar-refractivity contribution >= 4 is 39.5 Å². The number of ether oxygens (including phenoxy) is 4. The molecular weight excluding hydrogens is 1250 g/mol. The molecule has 0 aromatic carbocycles. The standard InChI is InChI=1S/C76H148O17P2/c1-8-10-11-12-13-14-15-16-17-18-19-26-31-36-45-52-59-75(80)92-71(63-86-73(78)57-50-43-35-30-25-21-20-23-28-33-40-47-54-67(3)4)65-90-94(82,83)88-61-70(77)62-89-95(84,85)91-66-72(64-87-74(79)58-51-44-39-38-42-49-56-69(7)9-2)93-76(81)60-53-46-37-32-27-22-24-29-34-41-48-55-68(5)6/h67-72,77H,8-66H2,1-7H3,(H,82,83)(H,84,85)/t69?,70-,71-,72-/m1/s1. The van der Waals surface area contributed by atoms with Crippen molar-refractivity contribution in [2.75, 3.05) is 39.6 Å². The molecule has 0 saturated heterocycles. The van der Waals surface area contributed by atoms with E-state index in [0.29, 0.717) is 25.7 Å². The average Bonchev–Trinajstić information content (AvgIpc) is 2.85. The molecule has 0 rings (SSSR count). The quantitative estimate of drug-likeness (QED) is 0.0222. The first-order chi connectivity index (χ1) is 45.8. The van der Waals surface area contributed by atoms with Crippen LogP contribution in [0.1, 0.15) is 389 Å². The average molecular weight is 1400 g/mol. The summed E-state index contributed by atoms with van der Waals surface area (Å²) < 4.78 is 68.5. The van der Waals surface area contributed by atoms with Gasteiger partial charge in [0.2, 0.25) is 0 Å². The second-order valence-corrected chi connectivity index (χ2v) is 31.5. The van der Waals surface area contributed by atoms with Gasteiger partial charge in [-0.25, -0.2) is 9.13 Å². The Morgan fingerprint density at radius 1 is 0.305 bits per heavy atom. The number of rotatable bonds is 74. The van der Waals surface area contributed by atoms with Gasteiger partial charge in [-0.2, -0.15) is 0 Å². The summed E-state index contributed by atoms with van der Waals surface area (Å²) in [4.78, 5) is 72.8. The molecule has 0 aliphatic heterocycles. The van der Waals surface area contributed by atoms with Crippen molar-refractivity contribution in [2.45, 2.75) is 407 Å². The topological polar surface area (TPSA) is 237 Å². The van der Waals surface area contributed by atoms with Crippen LogP contribution in [-0.4, -0.2) is 96.7 Å². The Kier molecular flexibility index (Phi) is 65.2. The molecule has 0 aromatic heterocycles. The molecule has 0 saturated carbocycles. The lowest BCUT2D eigenvalue weighted by Crippen LogP contribution is -2.30. The number of phosphoric ester groups is 2. The van der Waals surface area contributed by atoms with E-state index in [1.807, 2.05) is 0 Å². The highest BCUT2D eigenvalue weighted by atomic mass is 31.2. The van der Waals surface area contributed by atoms with E-state index in [9.17, 15) is 43.2 Å². The largest absolute Gasteiger partial charge is 0.472 e. The van der Waals surface area contributed by atoms with Gasteiger partial charge in [-0.1, -0.05) is 337 Å². The highest BCUT2D eigenvalue weighted by Gasteiger charge is 2.30. The summed E-state index contributed by atoms with van der Waals surface area (Å²) >= 11 is 0. The van der Waals surface area contributed by atoms with Crippen LogP contribution in [0.15, 0.2) is 0 Å². The predicted octanol–water partition coefficient (Wildman–Crippen LogP) is 22.2. The highest BCUT2D eigenvalue weighted by Crippen LogP contribution is 2.45. The van der Waals surface area contributed by atoms with Crippen molar-refractivity contribution in [2.24, 2.45) is 17.8 Å². The molecule has 19 heteroatoms. The summed E-state index contributed by atoms with van der Waals surface area (Å²) in [7, 11) is -9.91. The third-order valence-corrected chi connectivity index (χ3v) is 19.9. The van der Waals surface area contributed by atoms with Gasteiger partial charge in [0.05, 0.1) is 26.4 Å². The number of carbonyl (C=O) groups excluding carboxylic acids is 4. The molecule has 0 aliphatic carbocycles. The number of carbonyl (C=O) groups is 4. The first-order valence-corrected chi connectivity index (χ1v) is 42.4. The summed E-state index contributed by atoms with van der Waals surface area (Å²) in [6.45, 7) is 11.9. The number of hydrogen-bond acceptors (Lipinski definition) is 15. The van der Waals surface area contributed by atoms with E-state index in [1.54, 1.807) is 0 Å². The van der Waals surface area contributed by atoms with Gasteiger partial charge in [-0.3, -0.25) is 37.3 Å². The Morgan fingerprint density at radius 3 is 0.800 bits per heavy atom. The molecule has 0 amide bonds. The molecule has 0 aromatic rings. The van der Waals surface area contributed by atoms with Gasteiger partial charge in [0.1, 0.15) is 19.3 Å². The fraction of sp³-hybridized carbons (Fsp3) is 0.947. The summed E-state index contributed by atoms with van der Waals surface area (Å²) in [5.74, 6) is 0.160. The third kappa shape index (κ3) is 69.0. The van der Waals surface area contributed by atoms with Gasteiger partial charge in [0.25, 0.3) is 0 Å². The van der Waals surface area contributed by atoms with Crippen molar-refractivity contribution in [1.29, 1.82) is 0 Å². The molecule has 17 nitrogen and oxygen atoms in total. The molecule has 6 atom stereocenters. The van der Waals surface area contributed by atoms with Gasteiger partial charge in [-0.05, 0) is 43.4 Å². The number of aliphatic hydroxyl groups is 1. The molecule has 0 radical (unpaired) electrons. The lowest BCUT2D eigenvalue weighted by atomic mass is 10.00. The molecule has 0 bridgehead atoms. The van der Waals surface area contributed by atoms with Crippen LogP contribution in [0.2, 0.25) is 0 Å². The normalized spacial score (nSPS) is 14.4. The molecule has 564 valence electrons. The number of unbranched alkanes of at least 4 members (excludes halogenated alkanes) is 41. The summed E-state index contributed by atoms with van der Waals surface area (Å²) in [6, 6.07) is 0. The Hall–Kier alpha value is -1.94. The zero-order valence-corrected chi connectivity index (χ0v) is 63.9. The fourth-order valence-electron chi connectivity index (χ4n) is 11.6. The zero-order chi connectivity index (χ0) is 70.1. The number of hydrogen-bond donors (Lipinski definition) is 3. The minimum Gasteiger partial charge on any atom is -0.462 e. The Morgan fingerprint density at radius 2 is 0.537 bits per heavy atom. The third-order valence-electron chi connectivity index (χ3n) is 18.0.